The van der Waals surface area contributed by atoms with Gasteiger partial charge in [-0.2, -0.15) is 0 Å². The Kier molecular flexibility index (Phi) is 6.73. The first-order chi connectivity index (χ1) is 11.9. The van der Waals surface area contributed by atoms with E-state index in [0.29, 0.717) is 13.0 Å². The first kappa shape index (κ1) is 21.6. The smallest absolute Gasteiger partial charge is 0.480 e. The van der Waals surface area contributed by atoms with E-state index in [9.17, 15) is 4.55 Å². The Morgan fingerprint density at radius 3 is 2.15 bits per heavy atom. The number of para-hydroxylation sites is 1. The monoisotopic (exact) mass is 381 g/mol. The average molecular weight is 381 g/mol. The van der Waals surface area contributed by atoms with E-state index < -0.39 is 29.7 Å². The molecule has 1 aliphatic heterocycles. The van der Waals surface area contributed by atoms with Gasteiger partial charge in [-0.3, -0.25) is 0 Å². The summed E-state index contributed by atoms with van der Waals surface area (Å²) in [6.07, 6.45) is 0.619. The molecule has 0 spiro atoms. The molecule has 0 saturated carbocycles. The summed E-state index contributed by atoms with van der Waals surface area (Å²) in [5.74, 6) is 0.580. The summed E-state index contributed by atoms with van der Waals surface area (Å²) in [7, 11) is -0.481. The van der Waals surface area contributed by atoms with Gasteiger partial charge in [-0.15, -0.1) is 4.72 Å². The molecule has 0 aromatic heterocycles. The van der Waals surface area contributed by atoms with Gasteiger partial charge in [0, 0.05) is 11.4 Å². The van der Waals surface area contributed by atoms with E-state index >= 15 is 0 Å². The molecule has 26 heavy (non-hydrogen) atoms. The standard InChI is InChI=1S/C19H32BNO4S/c1-17(2,3)26(22)21-16(13-14-23-15-11-9-8-10-12-15)20-24-18(4,5)19(6,7)25-20/h8-12,16,21H,13-14H2,1-7H3/t16-,26?/m0/s1. The van der Waals surface area contributed by atoms with Crippen LogP contribution in [0.2, 0.25) is 0 Å². The second-order valence-corrected chi connectivity index (χ2v) is 10.7. The molecule has 2 rings (SSSR count). The maximum Gasteiger partial charge on any atom is 0.480 e. The van der Waals surface area contributed by atoms with Crippen molar-refractivity contribution in [2.45, 2.75) is 76.8 Å². The first-order valence-electron chi connectivity index (χ1n) is 9.14. The van der Waals surface area contributed by atoms with Crippen LogP contribution in [0.5, 0.6) is 5.75 Å². The van der Waals surface area contributed by atoms with Gasteiger partial charge in [0.2, 0.25) is 0 Å². The predicted octanol–water partition coefficient (Wildman–Crippen LogP) is 3.51. The fraction of sp³-hybridized carbons (Fsp3) is 0.684. The maximum absolute atomic E-state index is 12.6. The molecule has 5 nitrogen and oxygen atoms in total. The summed E-state index contributed by atoms with van der Waals surface area (Å²) in [6, 6.07) is 9.67. The van der Waals surface area contributed by atoms with E-state index in [1.54, 1.807) is 0 Å². The Labute approximate surface area is 161 Å². The van der Waals surface area contributed by atoms with Gasteiger partial charge in [0.1, 0.15) is 10.5 Å². The fourth-order valence-corrected chi connectivity index (χ4v) is 3.30. The first-order valence-corrected chi connectivity index (χ1v) is 10.3. The highest BCUT2D eigenvalue weighted by atomic mass is 32.2. The lowest BCUT2D eigenvalue weighted by molar-refractivity contribution is 0.00578. The summed E-state index contributed by atoms with van der Waals surface area (Å²) in [5.41, 5.74) is -0.859. The van der Waals surface area contributed by atoms with E-state index in [1.165, 1.54) is 0 Å². The average Bonchev–Trinajstić information content (AvgIpc) is 2.74. The number of ether oxygens (including phenoxy) is 1. The lowest BCUT2D eigenvalue weighted by atomic mass is 9.77. The minimum atomic E-state index is -1.23. The molecule has 1 N–H and O–H groups in total. The van der Waals surface area contributed by atoms with Crippen LogP contribution in [-0.2, 0) is 20.7 Å². The Balaban J connectivity index is 2.04. The molecule has 1 unspecified atom stereocenters. The highest BCUT2D eigenvalue weighted by molar-refractivity contribution is 7.90. The second-order valence-electron chi connectivity index (χ2n) is 8.68. The van der Waals surface area contributed by atoms with Gasteiger partial charge in [-0.1, -0.05) is 18.2 Å². The topological polar surface area (TPSA) is 62.8 Å². The number of nitrogens with one attached hydrogen (secondary N) is 1. The molecule has 1 saturated heterocycles. The largest absolute Gasteiger partial charge is 0.598 e. The molecule has 1 fully saturated rings. The normalized spacial score (nSPS) is 21.5. The van der Waals surface area contributed by atoms with Crippen molar-refractivity contribution in [2.75, 3.05) is 6.61 Å². The summed E-state index contributed by atoms with van der Waals surface area (Å²) < 4.78 is 33.6. The molecule has 0 bridgehead atoms. The number of benzene rings is 1. The zero-order chi connectivity index (χ0) is 19.6. The predicted molar refractivity (Wildman–Crippen MR) is 107 cm³/mol. The van der Waals surface area contributed by atoms with Crippen LogP contribution in [0.4, 0.5) is 0 Å². The molecule has 1 aliphatic rings. The number of rotatable bonds is 7. The van der Waals surface area contributed by atoms with Crippen molar-refractivity contribution in [3.63, 3.8) is 0 Å². The summed E-state index contributed by atoms with van der Waals surface area (Å²) >= 11 is -1.23. The Morgan fingerprint density at radius 2 is 1.65 bits per heavy atom. The third-order valence-electron chi connectivity index (χ3n) is 4.86. The van der Waals surface area contributed by atoms with Gasteiger partial charge in [-0.25, -0.2) is 0 Å². The van der Waals surface area contributed by atoms with Crippen molar-refractivity contribution in [1.29, 1.82) is 0 Å². The molecule has 0 radical (unpaired) electrons. The minimum absolute atomic E-state index is 0.236. The number of hydrogen-bond donors (Lipinski definition) is 1. The van der Waals surface area contributed by atoms with Gasteiger partial charge in [0.25, 0.3) is 0 Å². The van der Waals surface area contributed by atoms with Crippen molar-refractivity contribution >= 4 is 18.5 Å². The highest BCUT2D eigenvalue weighted by Gasteiger charge is 2.55. The van der Waals surface area contributed by atoms with Crippen LogP contribution in [0.1, 0.15) is 54.9 Å². The summed E-state index contributed by atoms with van der Waals surface area (Å²) in [4.78, 5) is 0. The highest BCUT2D eigenvalue weighted by Crippen LogP contribution is 2.38. The molecule has 1 heterocycles. The Morgan fingerprint density at radius 1 is 1.12 bits per heavy atom. The number of hydrogen-bond acceptors (Lipinski definition) is 5. The fourth-order valence-electron chi connectivity index (χ4n) is 2.44. The summed E-state index contributed by atoms with van der Waals surface area (Å²) in [5, 5.41) is 0. The van der Waals surface area contributed by atoms with Crippen molar-refractivity contribution in [2.24, 2.45) is 0 Å². The van der Waals surface area contributed by atoms with Crippen LogP contribution in [0.15, 0.2) is 30.3 Å². The van der Waals surface area contributed by atoms with Crippen LogP contribution in [0.25, 0.3) is 0 Å². The van der Waals surface area contributed by atoms with Crippen molar-refractivity contribution in [1.82, 2.24) is 4.72 Å². The molecular weight excluding hydrogens is 349 g/mol. The van der Waals surface area contributed by atoms with E-state index in [1.807, 2.05) is 78.8 Å². The van der Waals surface area contributed by atoms with Crippen LogP contribution in [0.3, 0.4) is 0 Å². The quantitative estimate of drug-likeness (QED) is 0.579. The zero-order valence-corrected chi connectivity index (χ0v) is 17.8. The van der Waals surface area contributed by atoms with Crippen LogP contribution in [0, 0.1) is 0 Å². The lowest BCUT2D eigenvalue weighted by Gasteiger charge is -2.32. The molecule has 0 amide bonds. The van der Waals surface area contributed by atoms with Crippen LogP contribution < -0.4 is 9.46 Å². The van der Waals surface area contributed by atoms with E-state index in [-0.39, 0.29) is 10.7 Å². The third-order valence-corrected chi connectivity index (χ3v) is 6.48. The van der Waals surface area contributed by atoms with Crippen LogP contribution in [-0.4, -0.2) is 40.2 Å². The van der Waals surface area contributed by atoms with Gasteiger partial charge in [0.15, 0.2) is 0 Å². The lowest BCUT2D eigenvalue weighted by Crippen LogP contribution is -2.52. The van der Waals surface area contributed by atoms with Gasteiger partial charge in [-0.05, 0) is 67.0 Å². The van der Waals surface area contributed by atoms with E-state index in [0.717, 1.165) is 5.75 Å². The Bertz CT molecular complexity index is 561. The summed E-state index contributed by atoms with van der Waals surface area (Å²) in [6.45, 7) is 14.4. The molecule has 0 aliphatic carbocycles. The van der Waals surface area contributed by atoms with Gasteiger partial charge >= 0.3 is 7.12 Å². The molecule has 146 valence electrons. The SMILES string of the molecule is CC(C)(C)[S+]([O-])N[C@@H](CCOc1ccccc1)B1OC(C)(C)C(C)(C)O1. The molecule has 2 atom stereocenters. The van der Waals surface area contributed by atoms with E-state index in [2.05, 4.69) is 4.72 Å². The van der Waals surface area contributed by atoms with Crippen molar-refractivity contribution < 1.29 is 18.6 Å². The molecular formula is C19H32BNO4S. The molecule has 1 aromatic carbocycles. The van der Waals surface area contributed by atoms with Crippen molar-refractivity contribution in [3.05, 3.63) is 30.3 Å². The minimum Gasteiger partial charge on any atom is -0.598 e. The molecule has 7 heteroatoms. The van der Waals surface area contributed by atoms with Gasteiger partial charge in [0.05, 0.1) is 23.8 Å². The van der Waals surface area contributed by atoms with Crippen molar-refractivity contribution in [3.8, 4) is 5.75 Å². The zero-order valence-electron chi connectivity index (χ0n) is 17.0. The second kappa shape index (κ2) is 8.11. The van der Waals surface area contributed by atoms with Crippen LogP contribution >= 0.6 is 0 Å². The van der Waals surface area contributed by atoms with Gasteiger partial charge < -0.3 is 18.6 Å². The van der Waals surface area contributed by atoms with E-state index in [4.69, 9.17) is 14.0 Å². The Hall–Kier alpha value is -0.725. The third kappa shape index (κ3) is 5.39. The maximum atomic E-state index is 12.6. The molecule has 1 aromatic rings.